The Kier molecular flexibility index (Phi) is 7.04. The second-order valence-corrected chi connectivity index (χ2v) is 9.95. The zero-order valence-electron chi connectivity index (χ0n) is 19.3. The van der Waals surface area contributed by atoms with Crippen molar-refractivity contribution in [2.75, 3.05) is 0 Å². The number of hydrogen-bond donors (Lipinski definition) is 2. The molecule has 1 fully saturated rings. The minimum atomic E-state index is -1.05. The maximum absolute atomic E-state index is 13.7. The van der Waals surface area contributed by atoms with Gasteiger partial charge in [-0.2, -0.15) is 15.6 Å². The largest absolute Gasteiger partial charge is 0.435 e. The molecule has 1 atom stereocenters. The van der Waals surface area contributed by atoms with Gasteiger partial charge in [0.15, 0.2) is 5.60 Å². The van der Waals surface area contributed by atoms with Gasteiger partial charge in [0, 0.05) is 22.3 Å². The first-order valence-electron chi connectivity index (χ1n) is 11.3. The van der Waals surface area contributed by atoms with E-state index in [1.807, 2.05) is 13.0 Å². The van der Waals surface area contributed by atoms with Crippen LogP contribution in [0.3, 0.4) is 0 Å². The molecular weight excluding hydrogens is 531 g/mol. The van der Waals surface area contributed by atoms with Crippen LogP contribution in [0.25, 0.3) is 0 Å². The van der Waals surface area contributed by atoms with Crippen LogP contribution in [-0.2, 0) is 4.74 Å². The molecule has 36 heavy (non-hydrogen) atoms. The Balaban J connectivity index is 1.48. The average molecular weight is 553 g/mol. The molecule has 0 saturated heterocycles. The molecule has 9 nitrogen and oxygen atoms in total. The number of benzene rings is 1. The van der Waals surface area contributed by atoms with Gasteiger partial charge in [-0.1, -0.05) is 15.9 Å². The molecule has 11 heteroatoms. The number of carbonyl (C=O) groups is 2. The van der Waals surface area contributed by atoms with Crippen molar-refractivity contribution in [1.82, 2.24) is 15.7 Å². The van der Waals surface area contributed by atoms with Crippen LogP contribution in [-0.4, -0.2) is 34.3 Å². The Morgan fingerprint density at radius 1 is 1.28 bits per heavy atom. The minimum absolute atomic E-state index is 0.182. The molecule has 2 aliphatic rings. The molecule has 1 aromatic heterocycles. The van der Waals surface area contributed by atoms with Crippen LogP contribution in [0, 0.1) is 33.9 Å². The number of rotatable bonds is 5. The molecular formula is C25H22BrFN6O3. The summed E-state index contributed by atoms with van der Waals surface area (Å²) in [6, 6.07) is 11.2. The molecule has 1 aliphatic carbocycles. The maximum atomic E-state index is 13.7. The highest BCUT2D eigenvalue weighted by atomic mass is 79.9. The first-order valence-corrected chi connectivity index (χ1v) is 12.1. The molecule has 184 valence electrons. The fourth-order valence-corrected chi connectivity index (χ4v) is 5.34. The van der Waals surface area contributed by atoms with E-state index in [1.54, 1.807) is 6.07 Å². The summed E-state index contributed by atoms with van der Waals surface area (Å²) in [6.45, 7) is 1.82. The summed E-state index contributed by atoms with van der Waals surface area (Å²) in [7, 11) is 0. The van der Waals surface area contributed by atoms with Crippen LogP contribution in [0.5, 0.6) is 0 Å². The second-order valence-electron chi connectivity index (χ2n) is 9.09. The van der Waals surface area contributed by atoms with Gasteiger partial charge in [0.1, 0.15) is 23.3 Å². The van der Waals surface area contributed by atoms with Gasteiger partial charge in [0.05, 0.1) is 17.0 Å². The van der Waals surface area contributed by atoms with E-state index >= 15 is 0 Å². The van der Waals surface area contributed by atoms with Crippen molar-refractivity contribution >= 4 is 33.6 Å². The van der Waals surface area contributed by atoms with E-state index < -0.39 is 28.8 Å². The monoisotopic (exact) mass is 552 g/mol. The van der Waals surface area contributed by atoms with E-state index in [4.69, 9.17) is 10.00 Å². The number of amides is 2. The minimum Gasteiger partial charge on any atom is -0.435 e. The number of ether oxygens (including phenoxy) is 1. The first-order chi connectivity index (χ1) is 17.2. The van der Waals surface area contributed by atoms with Crippen molar-refractivity contribution in [2.45, 2.75) is 50.7 Å². The molecule has 1 spiro atoms. The van der Waals surface area contributed by atoms with Gasteiger partial charge in [-0.3, -0.25) is 4.79 Å². The number of nitrogens with one attached hydrogen (secondary N) is 2. The zero-order valence-corrected chi connectivity index (χ0v) is 20.9. The summed E-state index contributed by atoms with van der Waals surface area (Å²) in [5.41, 5.74) is 2.12. The molecule has 0 radical (unpaired) electrons. The number of carbonyl (C=O) groups excluding carboxylic acids is 2. The molecule has 2 N–H and O–H groups in total. The number of hydrogen-bond acceptors (Lipinski definition) is 7. The van der Waals surface area contributed by atoms with Crippen LogP contribution in [0.4, 0.5) is 9.18 Å². The predicted octanol–water partition coefficient (Wildman–Crippen LogP) is 4.33. The number of nitriles is 2. The molecule has 0 unspecified atom stereocenters. The van der Waals surface area contributed by atoms with Crippen molar-refractivity contribution in [2.24, 2.45) is 10.5 Å². The molecule has 2 amide bonds. The SMILES string of the molecule is C[C@@H](CC1(C#N)CCC2(CC1)OC(=O)NN=C2c1ccc(F)cc1Br)NC(=O)c1ccc(C#N)cn1. The van der Waals surface area contributed by atoms with E-state index in [1.165, 1.54) is 30.5 Å². The Bertz CT molecular complexity index is 1310. The Labute approximate surface area is 215 Å². The molecule has 0 bridgehead atoms. The molecule has 1 aromatic carbocycles. The summed E-state index contributed by atoms with van der Waals surface area (Å²) in [4.78, 5) is 28.7. The molecule has 1 aliphatic heterocycles. The van der Waals surface area contributed by atoms with Crippen molar-refractivity contribution < 1.29 is 18.7 Å². The van der Waals surface area contributed by atoms with Crippen molar-refractivity contribution in [3.63, 3.8) is 0 Å². The van der Waals surface area contributed by atoms with Crippen LogP contribution in [0.15, 0.2) is 46.1 Å². The molecule has 4 rings (SSSR count). The van der Waals surface area contributed by atoms with Crippen LogP contribution in [0.1, 0.15) is 60.6 Å². The lowest BCUT2D eigenvalue weighted by Gasteiger charge is -2.45. The van der Waals surface area contributed by atoms with Gasteiger partial charge in [-0.05, 0) is 69.4 Å². The first kappa shape index (κ1) is 25.3. The van der Waals surface area contributed by atoms with E-state index in [-0.39, 0.29) is 11.7 Å². The predicted molar refractivity (Wildman–Crippen MR) is 130 cm³/mol. The van der Waals surface area contributed by atoms with Crippen molar-refractivity contribution in [3.05, 3.63) is 63.6 Å². The zero-order chi connectivity index (χ0) is 25.9. The van der Waals surface area contributed by atoms with Gasteiger partial charge in [-0.25, -0.2) is 19.6 Å². The number of halogens is 2. The standard InChI is InChI=1S/C25H22BrFN6O3/c1-15(31-22(34)20-5-2-16(12-28)13-30-20)11-24(14-29)6-8-25(9-7-24)21(32-33-23(35)36-25)18-4-3-17(27)10-19(18)26/h2-5,10,13,15H,6-9,11H2,1H3,(H,31,34)(H,33,35)/t15-,24?,25?/m0/s1. The van der Waals surface area contributed by atoms with Crippen LogP contribution in [0.2, 0.25) is 0 Å². The van der Waals surface area contributed by atoms with E-state index in [2.05, 4.69) is 42.8 Å². The summed E-state index contributed by atoms with van der Waals surface area (Å²) >= 11 is 3.36. The second kappa shape index (κ2) is 10.0. The average Bonchev–Trinajstić information content (AvgIpc) is 2.86. The number of aromatic nitrogens is 1. The summed E-state index contributed by atoms with van der Waals surface area (Å²) in [5, 5.41) is 26.1. The van der Waals surface area contributed by atoms with Gasteiger partial charge < -0.3 is 10.1 Å². The van der Waals surface area contributed by atoms with Crippen molar-refractivity contribution in [1.29, 1.82) is 10.5 Å². The van der Waals surface area contributed by atoms with Gasteiger partial charge >= 0.3 is 6.09 Å². The van der Waals surface area contributed by atoms with Gasteiger partial charge in [0.2, 0.25) is 0 Å². The lowest BCUT2D eigenvalue weighted by molar-refractivity contribution is 0.00352. The lowest BCUT2D eigenvalue weighted by Crippen LogP contribution is -2.54. The van der Waals surface area contributed by atoms with Crippen LogP contribution >= 0.6 is 15.9 Å². The number of nitrogens with zero attached hydrogens (tertiary/aromatic N) is 4. The summed E-state index contributed by atoms with van der Waals surface area (Å²) < 4.78 is 19.9. The maximum Gasteiger partial charge on any atom is 0.428 e. The Morgan fingerprint density at radius 3 is 2.64 bits per heavy atom. The smallest absolute Gasteiger partial charge is 0.428 e. The van der Waals surface area contributed by atoms with Crippen LogP contribution < -0.4 is 10.7 Å². The highest BCUT2D eigenvalue weighted by Crippen LogP contribution is 2.47. The number of pyridine rings is 1. The third-order valence-electron chi connectivity index (χ3n) is 6.62. The Hall–Kier alpha value is -3.83. The lowest BCUT2D eigenvalue weighted by atomic mass is 9.65. The van der Waals surface area contributed by atoms with E-state index in [0.717, 1.165) is 0 Å². The fraction of sp³-hybridized carbons (Fsp3) is 0.360. The third-order valence-corrected chi connectivity index (χ3v) is 7.27. The highest BCUT2D eigenvalue weighted by molar-refractivity contribution is 9.10. The Morgan fingerprint density at radius 2 is 2.03 bits per heavy atom. The molecule has 2 aromatic rings. The van der Waals surface area contributed by atoms with Crippen molar-refractivity contribution in [3.8, 4) is 12.1 Å². The van der Waals surface area contributed by atoms with E-state index in [9.17, 15) is 19.2 Å². The van der Waals surface area contributed by atoms with Gasteiger partial charge in [0.25, 0.3) is 5.91 Å². The summed E-state index contributed by atoms with van der Waals surface area (Å²) in [6.07, 6.45) is 2.53. The van der Waals surface area contributed by atoms with Gasteiger partial charge in [-0.15, -0.1) is 0 Å². The number of hydrazone groups is 1. The molecule has 2 heterocycles. The topological polar surface area (TPSA) is 140 Å². The highest BCUT2D eigenvalue weighted by Gasteiger charge is 2.51. The quantitative estimate of drug-likeness (QED) is 0.565. The van der Waals surface area contributed by atoms with E-state index in [0.29, 0.717) is 53.4 Å². The fourth-order valence-electron chi connectivity index (χ4n) is 4.80. The molecule has 1 saturated carbocycles. The third kappa shape index (κ3) is 5.07. The normalized spacial score (nSPS) is 23.9. The summed E-state index contributed by atoms with van der Waals surface area (Å²) in [5.74, 6) is -0.810.